The lowest BCUT2D eigenvalue weighted by Crippen LogP contribution is -2.26. The van der Waals surface area contributed by atoms with Gasteiger partial charge in [0, 0.05) is 17.4 Å². The molecule has 1 heterocycles. The van der Waals surface area contributed by atoms with Gasteiger partial charge in [-0.15, -0.1) is 0 Å². The van der Waals surface area contributed by atoms with Crippen LogP contribution in [0.2, 0.25) is 0 Å². The summed E-state index contributed by atoms with van der Waals surface area (Å²) in [6, 6.07) is 7.06. The number of hydrogen-bond donors (Lipinski definition) is 2. The molecule has 0 fully saturated rings. The van der Waals surface area contributed by atoms with E-state index in [4.69, 9.17) is 4.42 Å². The number of rotatable bonds is 4. The van der Waals surface area contributed by atoms with Gasteiger partial charge in [-0.05, 0) is 6.07 Å². The first-order valence-corrected chi connectivity index (χ1v) is 5.69. The van der Waals surface area contributed by atoms with Crippen molar-refractivity contribution in [2.45, 2.75) is 0 Å². The summed E-state index contributed by atoms with van der Waals surface area (Å²) in [6.45, 7) is -0.446. The third-order valence-electron chi connectivity index (χ3n) is 2.55. The highest BCUT2D eigenvalue weighted by Gasteiger charge is 2.10. The molecule has 0 saturated heterocycles. The normalized spacial score (nSPS) is 12.2. The summed E-state index contributed by atoms with van der Waals surface area (Å²) in [5, 5.41) is 25.0. The number of nitrogens with one attached hydrogen (secondary N) is 1. The molecule has 0 aliphatic carbocycles. The number of furan rings is 1. The van der Waals surface area contributed by atoms with Gasteiger partial charge in [0.15, 0.2) is 11.6 Å². The van der Waals surface area contributed by atoms with Gasteiger partial charge in [0.05, 0.1) is 11.6 Å². The zero-order valence-electron chi connectivity index (χ0n) is 10.6. The molecule has 0 spiro atoms. The molecule has 0 aliphatic heterocycles. The summed E-state index contributed by atoms with van der Waals surface area (Å²) in [6.07, 6.45) is 1.33. The maximum Gasteiger partial charge on any atom is 0.290 e. The topological polar surface area (TPSA) is 113 Å². The van der Waals surface area contributed by atoms with E-state index in [1.807, 2.05) is 0 Å². The van der Waals surface area contributed by atoms with Crippen molar-refractivity contribution in [2.24, 2.45) is 10.1 Å². The minimum absolute atomic E-state index is 0.117. The summed E-state index contributed by atoms with van der Waals surface area (Å²) >= 11 is 0. The Kier molecular flexibility index (Phi) is 3.94. The molecule has 0 amide bonds. The minimum Gasteiger partial charge on any atom is -0.480 e. The maximum absolute atomic E-state index is 10.4. The van der Waals surface area contributed by atoms with Crippen molar-refractivity contribution < 1.29 is 14.4 Å². The molecule has 0 atom stereocenters. The van der Waals surface area contributed by atoms with E-state index < -0.39 is 11.5 Å². The van der Waals surface area contributed by atoms with Crippen LogP contribution in [-0.2, 0) is 0 Å². The van der Waals surface area contributed by atoms with Gasteiger partial charge in [-0.25, -0.2) is 0 Å². The molecule has 2 rings (SSSR count). The van der Waals surface area contributed by atoms with Gasteiger partial charge in [0.25, 0.3) is 12.5 Å². The number of hydrazone groups is 1. The van der Waals surface area contributed by atoms with Gasteiger partial charge < -0.3 is 9.52 Å². The van der Waals surface area contributed by atoms with Crippen LogP contribution < -0.4 is 5.43 Å². The second-order valence-corrected chi connectivity index (χ2v) is 3.85. The number of nitrogens with zero attached hydrogens (tertiary/aromatic N) is 3. The average molecular weight is 276 g/mol. The molecule has 0 radical (unpaired) electrons. The van der Waals surface area contributed by atoms with Crippen LogP contribution in [0.15, 0.2) is 38.8 Å². The summed E-state index contributed by atoms with van der Waals surface area (Å²) < 4.78 is 5.15. The Morgan fingerprint density at radius 2 is 2.20 bits per heavy atom. The predicted molar refractivity (Wildman–Crippen MR) is 73.8 cm³/mol. The molecule has 2 aromatic rings. The Labute approximate surface area is 113 Å². The number of amidine groups is 1. The molecule has 2 N–H and O–H groups in total. The Morgan fingerprint density at radius 1 is 1.50 bits per heavy atom. The van der Waals surface area contributed by atoms with Crippen molar-refractivity contribution in [3.63, 3.8) is 0 Å². The van der Waals surface area contributed by atoms with Crippen LogP contribution in [0.3, 0.4) is 0 Å². The third-order valence-corrected chi connectivity index (χ3v) is 2.55. The molecule has 0 unspecified atom stereocenters. The lowest BCUT2D eigenvalue weighted by molar-refractivity contribution is -0.463. The Bertz CT molecular complexity index is 690. The number of hydrogen-bond acceptors (Lipinski definition) is 6. The molecular formula is C12H12N4O4. The molecule has 104 valence electrons. The monoisotopic (exact) mass is 276 g/mol. The van der Waals surface area contributed by atoms with Gasteiger partial charge in [0.2, 0.25) is 0 Å². The van der Waals surface area contributed by atoms with E-state index in [9.17, 15) is 15.2 Å². The molecule has 0 saturated carbocycles. The van der Waals surface area contributed by atoms with Crippen LogP contribution in [0.1, 0.15) is 5.76 Å². The average Bonchev–Trinajstić information content (AvgIpc) is 2.75. The SMILES string of the molecule is CN=C(C[N+](=O)[O-])N/N=C/c1oc(O)c2ccccc12. The van der Waals surface area contributed by atoms with E-state index in [1.165, 1.54) is 13.3 Å². The predicted octanol–water partition coefficient (Wildman–Crippen LogP) is 1.37. The standard InChI is InChI=1S/C12H12N4O4/c1-13-11(7-16(18)19)15-14-6-10-8-4-2-3-5-9(8)12(17)20-10/h2-6,17H,7H2,1H3,(H,13,15)/b14-6+. The van der Waals surface area contributed by atoms with Crippen molar-refractivity contribution >= 4 is 22.8 Å². The van der Waals surface area contributed by atoms with E-state index in [2.05, 4.69) is 15.5 Å². The molecule has 8 nitrogen and oxygen atoms in total. The second kappa shape index (κ2) is 5.83. The molecule has 1 aromatic heterocycles. The first-order chi connectivity index (χ1) is 9.61. The van der Waals surface area contributed by atoms with Crippen LogP contribution in [0.4, 0.5) is 0 Å². The quantitative estimate of drug-likeness (QED) is 0.379. The number of nitro groups is 1. The van der Waals surface area contributed by atoms with Gasteiger partial charge >= 0.3 is 0 Å². The van der Waals surface area contributed by atoms with Crippen LogP contribution in [0.5, 0.6) is 5.95 Å². The molecule has 20 heavy (non-hydrogen) atoms. The Balaban J connectivity index is 2.16. The lowest BCUT2D eigenvalue weighted by atomic mass is 10.2. The van der Waals surface area contributed by atoms with Crippen molar-refractivity contribution in [1.29, 1.82) is 0 Å². The second-order valence-electron chi connectivity index (χ2n) is 3.85. The van der Waals surface area contributed by atoms with Crippen LogP contribution in [0, 0.1) is 10.1 Å². The highest BCUT2D eigenvalue weighted by atomic mass is 16.6. The van der Waals surface area contributed by atoms with Crippen LogP contribution >= 0.6 is 0 Å². The van der Waals surface area contributed by atoms with Gasteiger partial charge in [0.1, 0.15) is 0 Å². The van der Waals surface area contributed by atoms with Gasteiger partial charge in [-0.1, -0.05) is 18.2 Å². The highest BCUT2D eigenvalue weighted by Crippen LogP contribution is 2.29. The number of aliphatic imine (C=N–C) groups is 1. The molecular weight excluding hydrogens is 264 g/mol. The smallest absolute Gasteiger partial charge is 0.290 e. The van der Waals surface area contributed by atoms with Crippen molar-refractivity contribution in [2.75, 3.05) is 13.6 Å². The summed E-state index contributed by atoms with van der Waals surface area (Å²) in [5.74, 6) is 0.269. The molecule has 1 aromatic carbocycles. The largest absolute Gasteiger partial charge is 0.480 e. The van der Waals surface area contributed by atoms with E-state index in [0.29, 0.717) is 16.5 Å². The zero-order chi connectivity index (χ0) is 14.5. The fourth-order valence-corrected chi connectivity index (χ4v) is 1.64. The summed E-state index contributed by atoms with van der Waals surface area (Å²) in [7, 11) is 1.43. The van der Waals surface area contributed by atoms with Crippen LogP contribution in [0.25, 0.3) is 10.8 Å². The minimum atomic E-state index is -0.515. The molecule has 0 bridgehead atoms. The summed E-state index contributed by atoms with van der Waals surface area (Å²) in [5.41, 5.74) is 2.46. The highest BCUT2D eigenvalue weighted by molar-refractivity contribution is 6.00. The van der Waals surface area contributed by atoms with E-state index in [-0.39, 0.29) is 11.8 Å². The number of aromatic hydroxyl groups is 1. The van der Waals surface area contributed by atoms with Crippen molar-refractivity contribution in [1.82, 2.24) is 5.43 Å². The molecule has 0 aliphatic rings. The van der Waals surface area contributed by atoms with Gasteiger partial charge in [-0.3, -0.25) is 20.5 Å². The number of benzene rings is 1. The summed E-state index contributed by atoms with van der Waals surface area (Å²) in [4.78, 5) is 13.5. The Hall–Kier alpha value is -2.90. The number of fused-ring (bicyclic) bond motifs is 1. The van der Waals surface area contributed by atoms with E-state index >= 15 is 0 Å². The van der Waals surface area contributed by atoms with E-state index in [1.54, 1.807) is 24.3 Å². The third kappa shape index (κ3) is 2.91. The van der Waals surface area contributed by atoms with Crippen molar-refractivity contribution in [3.8, 4) is 5.95 Å². The first kappa shape index (κ1) is 13.5. The van der Waals surface area contributed by atoms with E-state index in [0.717, 1.165) is 0 Å². The Morgan fingerprint density at radius 3 is 2.85 bits per heavy atom. The molecule has 8 heteroatoms. The van der Waals surface area contributed by atoms with Crippen LogP contribution in [-0.4, -0.2) is 35.7 Å². The zero-order valence-corrected chi connectivity index (χ0v) is 10.6. The lowest BCUT2D eigenvalue weighted by Gasteiger charge is -1.98. The first-order valence-electron chi connectivity index (χ1n) is 5.69. The fourth-order valence-electron chi connectivity index (χ4n) is 1.64. The van der Waals surface area contributed by atoms with Gasteiger partial charge in [-0.2, -0.15) is 5.10 Å². The van der Waals surface area contributed by atoms with Crippen molar-refractivity contribution in [3.05, 3.63) is 40.1 Å². The fraction of sp³-hybridized carbons (Fsp3) is 0.167. The maximum atomic E-state index is 10.4.